The second-order valence-electron chi connectivity index (χ2n) is 10.3. The predicted octanol–water partition coefficient (Wildman–Crippen LogP) is 3.64. The average Bonchev–Trinajstić information content (AvgIpc) is 2.83. The number of hydrogen-bond acceptors (Lipinski definition) is 7. The van der Waals surface area contributed by atoms with Crippen LogP contribution in [0.3, 0.4) is 0 Å². The number of aliphatic carboxylic acids is 1. The molecule has 0 saturated heterocycles. The number of carboxylic acid groups (broad SMARTS) is 1. The van der Waals surface area contributed by atoms with Gasteiger partial charge in [0.1, 0.15) is 11.9 Å². The van der Waals surface area contributed by atoms with E-state index < -0.39 is 48.9 Å². The van der Waals surface area contributed by atoms with Crippen molar-refractivity contribution in [3.05, 3.63) is 54.1 Å². The molecule has 1 aromatic carbocycles. The number of carbonyl (C=O) groups is 2. The first kappa shape index (κ1) is 28.9. The van der Waals surface area contributed by atoms with Crippen molar-refractivity contribution < 1.29 is 39.5 Å². The SMILES string of the molecule is CCCC(Oc1ccccc1)C(=O)O[C@H]1C[C@H](O)C=C2C=C[C@H](C)[C@H](CC[C@@H](O)C[C@@H](O)CC(=O)O)[C@H]21. The third-order valence-electron chi connectivity index (χ3n) is 7.26. The van der Waals surface area contributed by atoms with Crippen LogP contribution in [0.5, 0.6) is 5.75 Å². The molecule has 8 nitrogen and oxygen atoms in total. The Kier molecular flexibility index (Phi) is 10.7. The summed E-state index contributed by atoms with van der Waals surface area (Å²) < 4.78 is 12.0. The number of para-hydroxylation sites is 1. The Labute approximate surface area is 218 Å². The van der Waals surface area contributed by atoms with E-state index in [1.807, 2.05) is 31.2 Å². The van der Waals surface area contributed by atoms with Gasteiger partial charge in [0.15, 0.2) is 6.10 Å². The minimum absolute atomic E-state index is 0.0107. The van der Waals surface area contributed by atoms with E-state index in [2.05, 4.69) is 13.0 Å². The van der Waals surface area contributed by atoms with Crippen molar-refractivity contribution >= 4 is 11.9 Å². The molecule has 0 radical (unpaired) electrons. The molecular weight excluding hydrogens is 476 g/mol. The summed E-state index contributed by atoms with van der Waals surface area (Å²) in [5.41, 5.74) is 0.913. The maximum Gasteiger partial charge on any atom is 0.347 e. The molecule has 2 aliphatic carbocycles. The molecule has 204 valence electrons. The third-order valence-corrected chi connectivity index (χ3v) is 7.26. The van der Waals surface area contributed by atoms with E-state index in [4.69, 9.17) is 14.6 Å². The van der Waals surface area contributed by atoms with Crippen molar-refractivity contribution in [1.29, 1.82) is 0 Å². The first-order valence-electron chi connectivity index (χ1n) is 13.3. The molecule has 37 heavy (non-hydrogen) atoms. The minimum Gasteiger partial charge on any atom is -0.481 e. The van der Waals surface area contributed by atoms with E-state index in [1.54, 1.807) is 18.2 Å². The van der Waals surface area contributed by atoms with Crippen LogP contribution in [0.1, 0.15) is 58.8 Å². The fourth-order valence-corrected chi connectivity index (χ4v) is 5.46. The van der Waals surface area contributed by atoms with Crippen molar-refractivity contribution in [3.63, 3.8) is 0 Å². The zero-order valence-corrected chi connectivity index (χ0v) is 21.6. The fraction of sp³-hybridized carbons (Fsp3) is 0.586. The lowest BCUT2D eigenvalue weighted by Gasteiger charge is -2.43. The first-order chi connectivity index (χ1) is 17.7. The maximum absolute atomic E-state index is 13.3. The molecule has 0 amide bonds. The van der Waals surface area contributed by atoms with Crippen LogP contribution in [-0.2, 0) is 14.3 Å². The van der Waals surface area contributed by atoms with Crippen LogP contribution >= 0.6 is 0 Å². The Bertz CT molecular complexity index is 942. The van der Waals surface area contributed by atoms with Crippen LogP contribution in [-0.4, -0.2) is 62.9 Å². The molecular formula is C29H40O8. The molecule has 0 aliphatic heterocycles. The van der Waals surface area contributed by atoms with Crippen LogP contribution in [0, 0.1) is 17.8 Å². The zero-order chi connectivity index (χ0) is 26.9. The molecule has 0 bridgehead atoms. The van der Waals surface area contributed by atoms with Gasteiger partial charge in [-0.25, -0.2) is 4.79 Å². The lowest BCUT2D eigenvalue weighted by molar-refractivity contribution is -0.163. The van der Waals surface area contributed by atoms with E-state index >= 15 is 0 Å². The maximum atomic E-state index is 13.3. The van der Waals surface area contributed by atoms with Crippen molar-refractivity contribution in [1.82, 2.24) is 0 Å². The van der Waals surface area contributed by atoms with E-state index in [0.29, 0.717) is 25.0 Å². The number of rotatable bonds is 13. The highest BCUT2D eigenvalue weighted by molar-refractivity contribution is 5.75. The summed E-state index contributed by atoms with van der Waals surface area (Å²) in [6, 6.07) is 9.15. The molecule has 0 saturated carbocycles. The molecule has 1 unspecified atom stereocenters. The summed E-state index contributed by atoms with van der Waals surface area (Å²) in [6.45, 7) is 4.05. The number of carboxylic acids is 1. The highest BCUT2D eigenvalue weighted by atomic mass is 16.6. The van der Waals surface area contributed by atoms with E-state index in [9.17, 15) is 24.9 Å². The number of ether oxygens (including phenoxy) is 2. The van der Waals surface area contributed by atoms with Crippen LogP contribution in [0.25, 0.3) is 0 Å². The standard InChI is InChI=1S/C29H40O8/c1-3-7-25(36-23-8-5-4-6-9-23)29(35)37-26-16-21(31)14-19-11-10-18(2)24(28(19)26)13-12-20(30)15-22(32)17-27(33)34/h4-6,8-11,14,18,20-22,24-26,28,30-32H,3,7,12-13,15-17H2,1-2H3,(H,33,34)/t18-,20+,21+,22+,24-,25?,26-,28-/m0/s1. The number of fused-ring (bicyclic) bond motifs is 1. The van der Waals surface area contributed by atoms with Crippen LogP contribution in [0.4, 0.5) is 0 Å². The molecule has 2 aliphatic rings. The van der Waals surface area contributed by atoms with Gasteiger partial charge in [0.05, 0.1) is 24.7 Å². The van der Waals surface area contributed by atoms with Crippen LogP contribution in [0.15, 0.2) is 54.1 Å². The average molecular weight is 517 g/mol. The summed E-state index contributed by atoms with van der Waals surface area (Å²) in [4.78, 5) is 24.1. The van der Waals surface area contributed by atoms with Crippen molar-refractivity contribution in [2.45, 2.75) is 89.3 Å². The number of aliphatic hydroxyl groups is 3. The highest BCUT2D eigenvalue weighted by Crippen LogP contribution is 2.44. The van der Waals surface area contributed by atoms with Gasteiger partial charge in [-0.15, -0.1) is 0 Å². The second-order valence-corrected chi connectivity index (χ2v) is 10.3. The molecule has 4 N–H and O–H groups in total. The number of aliphatic hydroxyl groups excluding tert-OH is 3. The monoisotopic (exact) mass is 516 g/mol. The molecule has 0 aromatic heterocycles. The molecule has 1 aromatic rings. The van der Waals surface area contributed by atoms with Gasteiger partial charge in [-0.2, -0.15) is 0 Å². The van der Waals surface area contributed by atoms with Gasteiger partial charge in [0.25, 0.3) is 0 Å². The lowest BCUT2D eigenvalue weighted by atomic mass is 9.66. The van der Waals surface area contributed by atoms with Crippen LogP contribution < -0.4 is 4.74 Å². The van der Waals surface area contributed by atoms with Gasteiger partial charge in [-0.3, -0.25) is 4.79 Å². The molecule has 0 heterocycles. The van der Waals surface area contributed by atoms with Gasteiger partial charge < -0.3 is 29.9 Å². The van der Waals surface area contributed by atoms with E-state index in [1.165, 1.54) is 0 Å². The quantitative estimate of drug-likeness (QED) is 0.292. The molecule has 0 fully saturated rings. The second kappa shape index (κ2) is 13.7. The molecule has 0 spiro atoms. The molecule has 3 rings (SSSR count). The van der Waals surface area contributed by atoms with Gasteiger partial charge in [-0.05, 0) is 55.2 Å². The molecule has 8 atom stereocenters. The number of allylic oxidation sites excluding steroid dienone is 2. The minimum atomic E-state index is -1.11. The smallest absolute Gasteiger partial charge is 0.347 e. The summed E-state index contributed by atoms with van der Waals surface area (Å²) in [7, 11) is 0. The Morgan fingerprint density at radius 3 is 2.51 bits per heavy atom. The summed E-state index contributed by atoms with van der Waals surface area (Å²) in [5.74, 6) is -0.949. The lowest BCUT2D eigenvalue weighted by Crippen LogP contribution is -2.44. The van der Waals surface area contributed by atoms with Gasteiger partial charge in [-0.1, -0.05) is 56.7 Å². The number of carbonyl (C=O) groups excluding carboxylic acids is 1. The van der Waals surface area contributed by atoms with Crippen molar-refractivity contribution in [3.8, 4) is 5.75 Å². The Morgan fingerprint density at radius 2 is 1.84 bits per heavy atom. The fourth-order valence-electron chi connectivity index (χ4n) is 5.46. The zero-order valence-electron chi connectivity index (χ0n) is 21.6. The van der Waals surface area contributed by atoms with Crippen molar-refractivity contribution in [2.75, 3.05) is 0 Å². The highest BCUT2D eigenvalue weighted by Gasteiger charge is 2.42. The van der Waals surface area contributed by atoms with Crippen LogP contribution in [0.2, 0.25) is 0 Å². The number of hydrogen-bond donors (Lipinski definition) is 4. The Hall–Kier alpha value is -2.68. The van der Waals surface area contributed by atoms with Crippen molar-refractivity contribution in [2.24, 2.45) is 17.8 Å². The summed E-state index contributed by atoms with van der Waals surface area (Å²) in [5, 5.41) is 39.7. The third kappa shape index (κ3) is 8.42. The number of esters is 1. The van der Waals surface area contributed by atoms with Gasteiger partial charge in [0, 0.05) is 12.3 Å². The molecule has 8 heteroatoms. The predicted molar refractivity (Wildman–Crippen MR) is 138 cm³/mol. The van der Waals surface area contributed by atoms with Gasteiger partial charge in [0.2, 0.25) is 0 Å². The number of benzene rings is 1. The van der Waals surface area contributed by atoms with E-state index in [-0.39, 0.29) is 30.6 Å². The van der Waals surface area contributed by atoms with Gasteiger partial charge >= 0.3 is 11.9 Å². The summed E-state index contributed by atoms with van der Waals surface area (Å²) >= 11 is 0. The largest absolute Gasteiger partial charge is 0.481 e. The topological polar surface area (TPSA) is 134 Å². The first-order valence-corrected chi connectivity index (χ1v) is 13.3. The normalized spacial score (nSPS) is 27.4. The van der Waals surface area contributed by atoms with E-state index in [0.717, 1.165) is 12.0 Å². The summed E-state index contributed by atoms with van der Waals surface area (Å²) in [6.07, 6.45) is 3.93. The Balaban J connectivity index is 1.71. The Morgan fingerprint density at radius 1 is 1.11 bits per heavy atom.